The third-order valence-corrected chi connectivity index (χ3v) is 3.11. The van der Waals surface area contributed by atoms with Crippen LogP contribution in [0.3, 0.4) is 0 Å². The predicted molar refractivity (Wildman–Crippen MR) is 62.1 cm³/mol. The van der Waals surface area contributed by atoms with Gasteiger partial charge in [0.1, 0.15) is 5.82 Å². The highest BCUT2D eigenvalue weighted by Gasteiger charge is 2.36. The van der Waals surface area contributed by atoms with Crippen molar-refractivity contribution >= 4 is 5.97 Å². The van der Waals surface area contributed by atoms with E-state index < -0.39 is 0 Å². The second-order valence-electron chi connectivity index (χ2n) is 4.14. The van der Waals surface area contributed by atoms with Gasteiger partial charge in [0, 0.05) is 19.0 Å². The summed E-state index contributed by atoms with van der Waals surface area (Å²) in [7, 11) is 0. The predicted octanol–water partition coefficient (Wildman–Crippen LogP) is 1.69. The number of ether oxygens (including phenoxy) is 1. The van der Waals surface area contributed by atoms with Gasteiger partial charge in [-0.25, -0.2) is 4.39 Å². The van der Waals surface area contributed by atoms with E-state index >= 15 is 0 Å². The molecular weight excluding hydrogens is 221 g/mol. The molecule has 1 aromatic carbocycles. The smallest absolute Gasteiger partial charge is 0.310 e. The monoisotopic (exact) mass is 237 g/mol. The molecule has 2 rings (SSSR count). The maximum Gasteiger partial charge on any atom is 0.310 e. The van der Waals surface area contributed by atoms with Gasteiger partial charge >= 0.3 is 5.97 Å². The molecule has 2 atom stereocenters. The van der Waals surface area contributed by atoms with Crippen LogP contribution in [0.4, 0.5) is 4.39 Å². The summed E-state index contributed by atoms with van der Waals surface area (Å²) in [5.41, 5.74) is 0.593. The van der Waals surface area contributed by atoms with E-state index in [0.717, 1.165) is 0 Å². The highest BCUT2D eigenvalue weighted by molar-refractivity contribution is 5.74. The van der Waals surface area contributed by atoms with Crippen molar-refractivity contribution in [1.82, 2.24) is 5.32 Å². The van der Waals surface area contributed by atoms with Crippen molar-refractivity contribution in [2.45, 2.75) is 12.8 Å². The van der Waals surface area contributed by atoms with Crippen LogP contribution in [0, 0.1) is 11.7 Å². The molecule has 4 heteroatoms. The van der Waals surface area contributed by atoms with Crippen LogP contribution in [-0.2, 0) is 9.53 Å². The van der Waals surface area contributed by atoms with E-state index in [1.165, 1.54) is 6.07 Å². The van der Waals surface area contributed by atoms with Gasteiger partial charge in [0.05, 0.1) is 12.5 Å². The minimum Gasteiger partial charge on any atom is -0.466 e. The second-order valence-corrected chi connectivity index (χ2v) is 4.14. The molecule has 0 bridgehead atoms. The number of esters is 1. The van der Waals surface area contributed by atoms with E-state index in [4.69, 9.17) is 4.74 Å². The number of halogens is 1. The number of carbonyl (C=O) groups excluding carboxylic acids is 1. The normalized spacial score (nSPS) is 23.6. The third kappa shape index (κ3) is 2.47. The molecule has 0 radical (unpaired) electrons. The van der Waals surface area contributed by atoms with E-state index in [1.807, 2.05) is 0 Å². The molecule has 1 N–H and O–H groups in total. The van der Waals surface area contributed by atoms with E-state index in [1.54, 1.807) is 25.1 Å². The molecule has 3 nitrogen and oxygen atoms in total. The maximum atomic E-state index is 13.7. The van der Waals surface area contributed by atoms with Gasteiger partial charge in [0.25, 0.3) is 0 Å². The van der Waals surface area contributed by atoms with Crippen molar-refractivity contribution in [3.05, 3.63) is 35.6 Å². The summed E-state index contributed by atoms with van der Waals surface area (Å²) in [6.45, 7) is 3.31. The van der Waals surface area contributed by atoms with Crippen LogP contribution in [0.2, 0.25) is 0 Å². The summed E-state index contributed by atoms with van der Waals surface area (Å²) in [5, 5.41) is 3.12. The maximum absolute atomic E-state index is 13.7. The van der Waals surface area contributed by atoms with Crippen molar-refractivity contribution in [2.75, 3.05) is 19.7 Å². The first-order chi connectivity index (χ1) is 8.24. The zero-order valence-electron chi connectivity index (χ0n) is 9.78. The average molecular weight is 237 g/mol. The zero-order chi connectivity index (χ0) is 12.3. The fourth-order valence-corrected chi connectivity index (χ4v) is 2.28. The molecule has 1 heterocycles. The van der Waals surface area contributed by atoms with Gasteiger partial charge in [0.15, 0.2) is 0 Å². The molecule has 1 saturated heterocycles. The van der Waals surface area contributed by atoms with Gasteiger partial charge in [-0.2, -0.15) is 0 Å². The van der Waals surface area contributed by atoms with Gasteiger partial charge in [-0.3, -0.25) is 4.79 Å². The Balaban J connectivity index is 2.20. The molecular formula is C13H16FNO2. The Kier molecular flexibility index (Phi) is 3.74. The summed E-state index contributed by atoms with van der Waals surface area (Å²) >= 11 is 0. The molecule has 92 valence electrons. The molecule has 1 aromatic rings. The number of carbonyl (C=O) groups is 1. The molecule has 2 unspecified atom stereocenters. The summed E-state index contributed by atoms with van der Waals surface area (Å²) < 4.78 is 18.7. The molecule has 0 spiro atoms. The highest BCUT2D eigenvalue weighted by Crippen LogP contribution is 2.30. The van der Waals surface area contributed by atoms with Gasteiger partial charge in [-0.05, 0) is 18.6 Å². The van der Waals surface area contributed by atoms with Gasteiger partial charge < -0.3 is 10.1 Å². The van der Waals surface area contributed by atoms with Crippen LogP contribution in [-0.4, -0.2) is 25.7 Å². The van der Waals surface area contributed by atoms with E-state index in [2.05, 4.69) is 5.32 Å². The van der Waals surface area contributed by atoms with Gasteiger partial charge in [0.2, 0.25) is 0 Å². The Labute approximate surface area is 100.0 Å². The Bertz CT molecular complexity index is 408. The van der Waals surface area contributed by atoms with Crippen molar-refractivity contribution in [1.29, 1.82) is 0 Å². The van der Waals surface area contributed by atoms with Crippen LogP contribution in [0.25, 0.3) is 0 Å². The SMILES string of the molecule is CCOC(=O)C1CNCC1c1ccccc1F. The Morgan fingerprint density at radius 2 is 2.24 bits per heavy atom. The zero-order valence-corrected chi connectivity index (χ0v) is 9.78. The van der Waals surface area contributed by atoms with Gasteiger partial charge in [-0.15, -0.1) is 0 Å². The molecule has 1 fully saturated rings. The molecule has 1 aliphatic rings. The van der Waals surface area contributed by atoms with Crippen LogP contribution in [0.15, 0.2) is 24.3 Å². The number of benzene rings is 1. The van der Waals surface area contributed by atoms with Crippen molar-refractivity contribution in [2.24, 2.45) is 5.92 Å². The second kappa shape index (κ2) is 5.27. The fraction of sp³-hybridized carbons (Fsp3) is 0.462. The average Bonchev–Trinajstić information content (AvgIpc) is 2.79. The summed E-state index contributed by atoms with van der Waals surface area (Å²) in [4.78, 5) is 11.8. The third-order valence-electron chi connectivity index (χ3n) is 3.11. The van der Waals surface area contributed by atoms with E-state index in [-0.39, 0.29) is 23.6 Å². The highest BCUT2D eigenvalue weighted by atomic mass is 19.1. The Morgan fingerprint density at radius 3 is 2.94 bits per heavy atom. The van der Waals surface area contributed by atoms with Gasteiger partial charge in [-0.1, -0.05) is 18.2 Å². The van der Waals surface area contributed by atoms with Crippen molar-refractivity contribution < 1.29 is 13.9 Å². The number of hydrogen-bond acceptors (Lipinski definition) is 3. The lowest BCUT2D eigenvalue weighted by Gasteiger charge is -2.17. The molecule has 0 amide bonds. The van der Waals surface area contributed by atoms with Crippen LogP contribution in [0.1, 0.15) is 18.4 Å². The lowest BCUT2D eigenvalue weighted by molar-refractivity contribution is -0.147. The Morgan fingerprint density at radius 1 is 1.47 bits per heavy atom. The van der Waals surface area contributed by atoms with Crippen LogP contribution in [0.5, 0.6) is 0 Å². The molecule has 17 heavy (non-hydrogen) atoms. The number of nitrogens with one attached hydrogen (secondary N) is 1. The first kappa shape index (κ1) is 12.0. The van der Waals surface area contributed by atoms with Crippen LogP contribution >= 0.6 is 0 Å². The standard InChI is InChI=1S/C13H16FNO2/c1-2-17-13(16)11-8-15-7-10(11)9-5-3-4-6-12(9)14/h3-6,10-11,15H,2,7-8H2,1H3. The first-order valence-corrected chi connectivity index (χ1v) is 5.85. The topological polar surface area (TPSA) is 38.3 Å². The van der Waals surface area contributed by atoms with E-state index in [9.17, 15) is 9.18 Å². The summed E-state index contributed by atoms with van der Waals surface area (Å²) in [6, 6.07) is 6.61. The minimum atomic E-state index is -0.285. The lowest BCUT2D eigenvalue weighted by Crippen LogP contribution is -2.24. The lowest BCUT2D eigenvalue weighted by atomic mass is 9.88. The molecule has 0 aromatic heterocycles. The van der Waals surface area contributed by atoms with E-state index in [0.29, 0.717) is 25.3 Å². The molecule has 0 aliphatic carbocycles. The largest absolute Gasteiger partial charge is 0.466 e. The molecule has 1 aliphatic heterocycles. The summed E-state index contributed by atoms with van der Waals surface area (Å²) in [5.74, 6) is -0.914. The Hall–Kier alpha value is -1.42. The fourth-order valence-electron chi connectivity index (χ4n) is 2.28. The number of hydrogen-bond donors (Lipinski definition) is 1. The van der Waals surface area contributed by atoms with Crippen molar-refractivity contribution in [3.8, 4) is 0 Å². The first-order valence-electron chi connectivity index (χ1n) is 5.85. The minimum absolute atomic E-state index is 0.129. The van der Waals surface area contributed by atoms with Crippen LogP contribution < -0.4 is 5.32 Å². The number of rotatable bonds is 3. The quantitative estimate of drug-likeness (QED) is 0.813. The van der Waals surface area contributed by atoms with Crippen molar-refractivity contribution in [3.63, 3.8) is 0 Å². The summed E-state index contributed by atoms with van der Waals surface area (Å²) in [6.07, 6.45) is 0. The molecule has 0 saturated carbocycles.